The Morgan fingerprint density at radius 2 is 1.87 bits per heavy atom. The Bertz CT molecular complexity index is 752. The van der Waals surface area contributed by atoms with Gasteiger partial charge in [-0.15, -0.1) is 0 Å². The van der Waals surface area contributed by atoms with Crippen LogP contribution in [-0.4, -0.2) is 97.3 Å². The van der Waals surface area contributed by atoms with Crippen molar-refractivity contribution in [2.75, 3.05) is 41.0 Å². The summed E-state index contributed by atoms with van der Waals surface area (Å²) in [6, 6.07) is 0.0561. The van der Waals surface area contributed by atoms with E-state index in [-0.39, 0.29) is 58.7 Å². The lowest BCUT2D eigenvalue weighted by Crippen LogP contribution is -2.76. The van der Waals surface area contributed by atoms with Crippen LogP contribution in [0.3, 0.4) is 0 Å². The molecule has 5 aliphatic carbocycles. The first-order valence-electron chi connectivity index (χ1n) is 12.2. The van der Waals surface area contributed by atoms with Crippen LogP contribution in [-0.2, 0) is 14.2 Å². The highest BCUT2D eigenvalue weighted by Crippen LogP contribution is 2.79. The monoisotopic (exact) mass is 437 g/mol. The maximum atomic E-state index is 12.5. The molecule has 1 aliphatic heterocycles. The summed E-state index contributed by atoms with van der Waals surface area (Å²) in [6.45, 7) is 4.63. The van der Waals surface area contributed by atoms with Crippen LogP contribution in [0.5, 0.6) is 0 Å². The molecule has 0 aromatic rings. The van der Waals surface area contributed by atoms with Gasteiger partial charge in [-0.05, 0) is 31.7 Å². The zero-order valence-corrected chi connectivity index (χ0v) is 19.2. The molecule has 5 saturated carbocycles. The molecule has 13 atom stereocenters. The summed E-state index contributed by atoms with van der Waals surface area (Å²) in [7, 11) is 5.24. The fraction of sp³-hybridized carbons (Fsp3) is 1.00. The summed E-state index contributed by atoms with van der Waals surface area (Å²) in [5.74, 6) is -0.168. The fourth-order valence-corrected chi connectivity index (χ4v) is 10.7. The maximum absolute atomic E-state index is 12.5. The number of hydrogen-bond acceptors (Lipinski definition) is 7. The summed E-state index contributed by atoms with van der Waals surface area (Å²) in [4.78, 5) is 2.52. The first kappa shape index (κ1) is 21.3. The molecule has 6 rings (SSSR count). The fourth-order valence-electron chi connectivity index (χ4n) is 10.7. The van der Waals surface area contributed by atoms with Crippen LogP contribution in [0.2, 0.25) is 0 Å². The van der Waals surface area contributed by atoms with Gasteiger partial charge in [0.15, 0.2) is 0 Å². The van der Waals surface area contributed by atoms with E-state index in [1.165, 1.54) is 0 Å². The molecular formula is C24H39NO6. The van der Waals surface area contributed by atoms with Crippen molar-refractivity contribution in [3.05, 3.63) is 0 Å². The molecule has 0 unspecified atom stereocenters. The largest absolute Gasteiger partial charge is 0.392 e. The lowest BCUT2D eigenvalue weighted by molar-refractivity contribution is -0.272. The highest BCUT2D eigenvalue weighted by molar-refractivity contribution is 5.35. The van der Waals surface area contributed by atoms with E-state index in [1.54, 1.807) is 21.3 Å². The number of ether oxygens (including phenoxy) is 3. The number of likely N-dealkylation sites (tertiary alicyclic amines) is 1. The van der Waals surface area contributed by atoms with Gasteiger partial charge in [0.05, 0.1) is 36.6 Å². The highest BCUT2D eigenvalue weighted by atomic mass is 16.5. The number of nitrogens with zero attached hydrogens (tertiary/aromatic N) is 1. The zero-order valence-electron chi connectivity index (χ0n) is 19.2. The second-order valence-corrected chi connectivity index (χ2v) is 11.6. The van der Waals surface area contributed by atoms with Crippen LogP contribution in [0, 0.1) is 40.4 Å². The van der Waals surface area contributed by atoms with E-state index in [0.29, 0.717) is 13.0 Å². The van der Waals surface area contributed by atoms with Gasteiger partial charge < -0.3 is 29.5 Å². The highest BCUT2D eigenvalue weighted by Gasteiger charge is 2.86. The quantitative estimate of drug-likeness (QED) is 0.577. The summed E-state index contributed by atoms with van der Waals surface area (Å²) in [6.07, 6.45) is 1.65. The van der Waals surface area contributed by atoms with Crippen molar-refractivity contribution in [3.63, 3.8) is 0 Å². The standard InChI is InChI=1S/C24H39NO6/c1-5-25-10-22(11-29-2)7-6-15(26)24-13-8-12-14(30-3)9-23(28,16(13)18(12)27)17(21(24)25)19(31-4)20(22)24/h12-21,26-28H,5-11H2,1-4H3/t12-,13-,14+,15+,16-,17+,18+,19+,20-,21-,22+,23-,24+/m1/s1. The molecule has 1 saturated heterocycles. The van der Waals surface area contributed by atoms with Crippen LogP contribution in [0.15, 0.2) is 0 Å². The third-order valence-corrected chi connectivity index (χ3v) is 11.1. The molecule has 176 valence electrons. The average molecular weight is 438 g/mol. The topological polar surface area (TPSA) is 91.6 Å². The van der Waals surface area contributed by atoms with Gasteiger partial charge in [-0.25, -0.2) is 0 Å². The van der Waals surface area contributed by atoms with Gasteiger partial charge in [0.1, 0.15) is 0 Å². The first-order valence-corrected chi connectivity index (χ1v) is 12.2. The van der Waals surface area contributed by atoms with Gasteiger partial charge in [-0.3, -0.25) is 4.90 Å². The Balaban J connectivity index is 1.62. The molecule has 1 heterocycles. The number of rotatable bonds is 5. The van der Waals surface area contributed by atoms with E-state index in [0.717, 1.165) is 32.4 Å². The number of hydrogen-bond donors (Lipinski definition) is 3. The summed E-state index contributed by atoms with van der Waals surface area (Å²) < 4.78 is 18.0. The first-order chi connectivity index (χ1) is 14.9. The number of piperidine rings is 1. The minimum Gasteiger partial charge on any atom is -0.392 e. The molecule has 1 spiro atoms. The molecule has 7 nitrogen and oxygen atoms in total. The average Bonchev–Trinajstić information content (AvgIpc) is 3.16. The van der Waals surface area contributed by atoms with Gasteiger partial charge in [-0.2, -0.15) is 0 Å². The van der Waals surface area contributed by atoms with Crippen molar-refractivity contribution in [1.29, 1.82) is 0 Å². The molecule has 3 N–H and O–H groups in total. The molecule has 6 aliphatic rings. The minimum absolute atomic E-state index is 0.0248. The smallest absolute Gasteiger partial charge is 0.0796 e. The lowest BCUT2D eigenvalue weighted by Gasteiger charge is -2.68. The molecule has 31 heavy (non-hydrogen) atoms. The number of aliphatic hydroxyl groups is 3. The van der Waals surface area contributed by atoms with Gasteiger partial charge in [0.2, 0.25) is 0 Å². The second-order valence-electron chi connectivity index (χ2n) is 11.6. The Morgan fingerprint density at radius 1 is 1.10 bits per heavy atom. The summed E-state index contributed by atoms with van der Waals surface area (Å²) in [5, 5.41) is 35.7. The molecular weight excluding hydrogens is 398 g/mol. The molecule has 7 heteroatoms. The second kappa shape index (κ2) is 6.65. The number of aliphatic hydroxyl groups excluding tert-OH is 2. The third kappa shape index (κ3) is 2.12. The maximum Gasteiger partial charge on any atom is 0.0796 e. The third-order valence-electron chi connectivity index (χ3n) is 11.1. The van der Waals surface area contributed by atoms with Gasteiger partial charge >= 0.3 is 0 Å². The zero-order chi connectivity index (χ0) is 21.9. The van der Waals surface area contributed by atoms with Crippen molar-refractivity contribution in [2.24, 2.45) is 40.4 Å². The molecule has 0 aromatic carbocycles. The van der Waals surface area contributed by atoms with Gasteiger partial charge in [0, 0.05) is 74.8 Å². The molecule has 0 radical (unpaired) electrons. The Labute approximate surface area is 185 Å². The van der Waals surface area contributed by atoms with Crippen molar-refractivity contribution >= 4 is 0 Å². The van der Waals surface area contributed by atoms with Crippen molar-refractivity contribution in [2.45, 2.75) is 68.7 Å². The van der Waals surface area contributed by atoms with Crippen LogP contribution in [0.4, 0.5) is 0 Å². The van der Waals surface area contributed by atoms with Gasteiger partial charge in [-0.1, -0.05) is 6.92 Å². The predicted molar refractivity (Wildman–Crippen MR) is 112 cm³/mol. The summed E-state index contributed by atoms with van der Waals surface area (Å²) >= 11 is 0. The van der Waals surface area contributed by atoms with Crippen LogP contribution >= 0.6 is 0 Å². The molecule has 0 amide bonds. The summed E-state index contributed by atoms with van der Waals surface area (Å²) in [5.41, 5.74) is -1.54. The molecule has 6 fully saturated rings. The van der Waals surface area contributed by atoms with E-state index in [2.05, 4.69) is 11.8 Å². The predicted octanol–water partition coefficient (Wildman–Crippen LogP) is 0.502. The van der Waals surface area contributed by atoms with Gasteiger partial charge in [0.25, 0.3) is 0 Å². The lowest BCUT2D eigenvalue weighted by atomic mass is 9.43. The molecule has 0 aromatic heterocycles. The van der Waals surface area contributed by atoms with Crippen molar-refractivity contribution < 1.29 is 29.5 Å². The van der Waals surface area contributed by atoms with Crippen LogP contribution in [0.25, 0.3) is 0 Å². The Morgan fingerprint density at radius 3 is 2.52 bits per heavy atom. The minimum atomic E-state index is -1.05. The van der Waals surface area contributed by atoms with E-state index >= 15 is 0 Å². The molecule has 7 bridgehead atoms. The normalized spacial score (nSPS) is 61.6. The number of methoxy groups -OCH3 is 3. The van der Waals surface area contributed by atoms with E-state index in [1.807, 2.05) is 0 Å². The van der Waals surface area contributed by atoms with E-state index < -0.39 is 17.8 Å². The van der Waals surface area contributed by atoms with Crippen molar-refractivity contribution in [3.8, 4) is 0 Å². The Hall–Kier alpha value is -0.280. The van der Waals surface area contributed by atoms with Crippen LogP contribution < -0.4 is 0 Å². The Kier molecular flexibility index (Phi) is 4.56. The van der Waals surface area contributed by atoms with E-state index in [9.17, 15) is 15.3 Å². The SMILES string of the molecule is CCN1C[C@]2(COC)CC[C@H](O)[C@@]34[C@@H]5C[C@H]6[C@H](O)[C@@H]5[C@](O)(C[C@@H]6OC)[C@@H]([C@H](OC)[C@H]23)[C@@H]14. The van der Waals surface area contributed by atoms with Crippen LogP contribution in [0.1, 0.15) is 32.6 Å². The van der Waals surface area contributed by atoms with Crippen molar-refractivity contribution in [1.82, 2.24) is 4.90 Å². The van der Waals surface area contributed by atoms with E-state index in [4.69, 9.17) is 14.2 Å². The number of fused-ring (bicyclic) bond motifs is 2.